The van der Waals surface area contributed by atoms with Crippen LogP contribution >= 0.6 is 0 Å². The summed E-state index contributed by atoms with van der Waals surface area (Å²) in [5.74, 6) is 0. The van der Waals surface area contributed by atoms with Crippen LogP contribution in [0.3, 0.4) is 0 Å². The zero-order valence-electron chi connectivity index (χ0n) is 7.49. The number of allylic oxidation sites excluding steroid dienone is 2. The van der Waals surface area contributed by atoms with E-state index in [2.05, 4.69) is 39.2 Å². The Morgan fingerprint density at radius 1 is 1.27 bits per heavy atom. The SMILES string of the molecule is C=C1C=C(NC(C)(C)C)C1=C. The van der Waals surface area contributed by atoms with Crippen molar-refractivity contribution in [1.82, 2.24) is 5.32 Å². The van der Waals surface area contributed by atoms with Gasteiger partial charge in [0.05, 0.1) is 0 Å². The molecule has 0 saturated carbocycles. The van der Waals surface area contributed by atoms with Gasteiger partial charge in [0.2, 0.25) is 0 Å². The molecule has 0 amide bonds. The van der Waals surface area contributed by atoms with E-state index in [1.807, 2.05) is 6.08 Å². The van der Waals surface area contributed by atoms with Crippen LogP contribution in [0.15, 0.2) is 36.1 Å². The average Bonchev–Trinajstić information content (AvgIpc) is 1.84. The highest BCUT2D eigenvalue weighted by Crippen LogP contribution is 2.28. The van der Waals surface area contributed by atoms with E-state index in [4.69, 9.17) is 0 Å². The van der Waals surface area contributed by atoms with Gasteiger partial charge in [-0.05, 0) is 38.0 Å². The molecule has 0 aliphatic heterocycles. The molecule has 0 saturated heterocycles. The molecule has 1 N–H and O–H groups in total. The Morgan fingerprint density at radius 2 is 1.82 bits per heavy atom. The third kappa shape index (κ3) is 1.73. The van der Waals surface area contributed by atoms with Gasteiger partial charge in [0.15, 0.2) is 0 Å². The van der Waals surface area contributed by atoms with Crippen LogP contribution in [0.5, 0.6) is 0 Å². The molecule has 0 atom stereocenters. The van der Waals surface area contributed by atoms with E-state index in [0.717, 1.165) is 16.8 Å². The molecule has 1 rings (SSSR count). The lowest BCUT2D eigenvalue weighted by Gasteiger charge is -2.30. The molecule has 0 bridgehead atoms. The van der Waals surface area contributed by atoms with Crippen molar-refractivity contribution in [3.05, 3.63) is 36.1 Å². The first kappa shape index (κ1) is 8.12. The zero-order valence-corrected chi connectivity index (χ0v) is 7.49. The summed E-state index contributed by atoms with van der Waals surface area (Å²) in [6.45, 7) is 14.1. The van der Waals surface area contributed by atoms with Crippen LogP contribution in [0.4, 0.5) is 0 Å². The molecule has 0 spiro atoms. The molecule has 1 nitrogen and oxygen atoms in total. The van der Waals surface area contributed by atoms with Crippen LogP contribution in [-0.4, -0.2) is 5.54 Å². The first-order valence-electron chi connectivity index (χ1n) is 3.78. The van der Waals surface area contributed by atoms with Gasteiger partial charge in [-0.2, -0.15) is 0 Å². The van der Waals surface area contributed by atoms with E-state index in [1.54, 1.807) is 0 Å². The smallest absolute Gasteiger partial charge is 0.0423 e. The van der Waals surface area contributed by atoms with Crippen molar-refractivity contribution in [2.75, 3.05) is 0 Å². The van der Waals surface area contributed by atoms with E-state index in [9.17, 15) is 0 Å². The Kier molecular flexibility index (Phi) is 1.67. The molecular weight excluding hydrogens is 134 g/mol. The van der Waals surface area contributed by atoms with Crippen molar-refractivity contribution in [3.8, 4) is 0 Å². The van der Waals surface area contributed by atoms with Gasteiger partial charge >= 0.3 is 0 Å². The molecule has 0 fully saturated rings. The summed E-state index contributed by atoms with van der Waals surface area (Å²) in [6.07, 6.45) is 2.02. The minimum Gasteiger partial charge on any atom is -0.380 e. The van der Waals surface area contributed by atoms with Gasteiger partial charge in [-0.1, -0.05) is 13.2 Å². The van der Waals surface area contributed by atoms with Crippen molar-refractivity contribution >= 4 is 0 Å². The van der Waals surface area contributed by atoms with E-state index < -0.39 is 0 Å². The maximum absolute atomic E-state index is 3.88. The number of nitrogens with one attached hydrogen (secondary N) is 1. The third-order valence-corrected chi connectivity index (χ3v) is 1.54. The summed E-state index contributed by atoms with van der Waals surface area (Å²) in [5.41, 5.74) is 3.33. The monoisotopic (exact) mass is 149 g/mol. The molecule has 0 heterocycles. The molecule has 0 aromatic rings. The first-order chi connectivity index (χ1) is 4.90. The van der Waals surface area contributed by atoms with Crippen LogP contribution in [0.1, 0.15) is 20.8 Å². The van der Waals surface area contributed by atoms with E-state index >= 15 is 0 Å². The summed E-state index contributed by atoms with van der Waals surface area (Å²) < 4.78 is 0. The normalized spacial score (nSPS) is 17.5. The van der Waals surface area contributed by atoms with Crippen molar-refractivity contribution < 1.29 is 0 Å². The number of hydrogen-bond donors (Lipinski definition) is 1. The van der Waals surface area contributed by atoms with Gasteiger partial charge in [0.1, 0.15) is 0 Å². The second-order valence-corrected chi connectivity index (χ2v) is 3.94. The highest BCUT2D eigenvalue weighted by atomic mass is 15.0. The van der Waals surface area contributed by atoms with E-state index in [-0.39, 0.29) is 5.54 Å². The number of hydrogen-bond acceptors (Lipinski definition) is 1. The van der Waals surface area contributed by atoms with Crippen molar-refractivity contribution in [1.29, 1.82) is 0 Å². The molecule has 0 unspecified atom stereocenters. The van der Waals surface area contributed by atoms with E-state index in [0.29, 0.717) is 0 Å². The van der Waals surface area contributed by atoms with Crippen molar-refractivity contribution in [2.45, 2.75) is 26.3 Å². The Balaban J connectivity index is 2.62. The third-order valence-electron chi connectivity index (χ3n) is 1.54. The molecule has 1 aliphatic rings. The van der Waals surface area contributed by atoms with Gasteiger partial charge in [0.25, 0.3) is 0 Å². The fraction of sp³-hybridized carbons (Fsp3) is 0.400. The van der Waals surface area contributed by atoms with Crippen LogP contribution in [0.25, 0.3) is 0 Å². The van der Waals surface area contributed by atoms with Crippen molar-refractivity contribution in [2.24, 2.45) is 0 Å². The number of rotatable bonds is 1. The topological polar surface area (TPSA) is 12.0 Å². The lowest BCUT2D eigenvalue weighted by Crippen LogP contribution is -2.37. The highest BCUT2D eigenvalue weighted by molar-refractivity contribution is 5.60. The Bertz CT molecular complexity index is 238. The quantitative estimate of drug-likeness (QED) is 0.603. The van der Waals surface area contributed by atoms with Gasteiger partial charge in [0, 0.05) is 11.2 Å². The maximum Gasteiger partial charge on any atom is 0.0423 e. The summed E-state index contributed by atoms with van der Waals surface area (Å²) >= 11 is 0. The first-order valence-corrected chi connectivity index (χ1v) is 3.78. The molecule has 1 heteroatoms. The largest absolute Gasteiger partial charge is 0.380 e. The molecular formula is C10H15N. The van der Waals surface area contributed by atoms with Crippen LogP contribution < -0.4 is 5.32 Å². The molecule has 0 aromatic carbocycles. The van der Waals surface area contributed by atoms with Crippen LogP contribution in [0.2, 0.25) is 0 Å². The minimum absolute atomic E-state index is 0.121. The fourth-order valence-electron chi connectivity index (χ4n) is 0.959. The second kappa shape index (κ2) is 2.26. The molecule has 0 aromatic heterocycles. The molecule has 11 heavy (non-hydrogen) atoms. The lowest BCUT2D eigenvalue weighted by molar-refractivity contribution is 0.474. The lowest BCUT2D eigenvalue weighted by atomic mass is 9.92. The maximum atomic E-state index is 3.88. The summed E-state index contributed by atoms with van der Waals surface area (Å²) in [7, 11) is 0. The summed E-state index contributed by atoms with van der Waals surface area (Å²) in [5, 5.41) is 3.34. The van der Waals surface area contributed by atoms with Crippen molar-refractivity contribution in [3.63, 3.8) is 0 Å². The Morgan fingerprint density at radius 3 is 2.09 bits per heavy atom. The Hall–Kier alpha value is -0.980. The standard InChI is InChI=1S/C10H15N/c1-7-6-9(8(7)2)11-10(3,4)5/h6,11H,1-2H2,3-5H3. The summed E-state index contributed by atoms with van der Waals surface area (Å²) in [6, 6.07) is 0. The van der Waals surface area contributed by atoms with Gasteiger partial charge in [-0.15, -0.1) is 0 Å². The van der Waals surface area contributed by atoms with Crippen LogP contribution in [0, 0.1) is 0 Å². The van der Waals surface area contributed by atoms with Gasteiger partial charge in [-0.3, -0.25) is 0 Å². The Labute approximate surface area is 68.5 Å². The highest BCUT2D eigenvalue weighted by Gasteiger charge is 2.19. The zero-order chi connectivity index (χ0) is 8.65. The molecule has 0 radical (unpaired) electrons. The van der Waals surface area contributed by atoms with Gasteiger partial charge < -0.3 is 5.32 Å². The predicted octanol–water partition coefficient (Wildman–Crippen LogP) is 2.38. The average molecular weight is 149 g/mol. The fourth-order valence-corrected chi connectivity index (χ4v) is 0.959. The van der Waals surface area contributed by atoms with Crippen LogP contribution in [-0.2, 0) is 0 Å². The predicted molar refractivity (Wildman–Crippen MR) is 49.3 cm³/mol. The van der Waals surface area contributed by atoms with E-state index in [1.165, 1.54) is 0 Å². The second-order valence-electron chi connectivity index (χ2n) is 3.94. The minimum atomic E-state index is 0.121. The molecule has 1 aliphatic carbocycles. The van der Waals surface area contributed by atoms with Gasteiger partial charge in [-0.25, -0.2) is 0 Å². The molecule has 60 valence electrons. The summed E-state index contributed by atoms with van der Waals surface area (Å²) in [4.78, 5) is 0.